The molecule has 0 atom stereocenters. The maximum Gasteiger partial charge on any atom is 0.305 e. The fourth-order valence-electron chi connectivity index (χ4n) is 3.30. The van der Waals surface area contributed by atoms with Gasteiger partial charge in [0.2, 0.25) is 0 Å². The van der Waals surface area contributed by atoms with E-state index in [0.29, 0.717) is 41.2 Å². The van der Waals surface area contributed by atoms with Crippen LogP contribution >= 0.6 is 0 Å². The molecule has 2 aromatic rings. The molecule has 0 spiro atoms. The Balaban J connectivity index is 1.64. The van der Waals surface area contributed by atoms with Gasteiger partial charge in [0.05, 0.1) is 5.71 Å². The van der Waals surface area contributed by atoms with Crippen molar-refractivity contribution in [2.24, 2.45) is 10.6 Å². The number of nitrogens with one attached hydrogen (secondary N) is 2. The van der Waals surface area contributed by atoms with Crippen molar-refractivity contribution in [2.75, 3.05) is 6.61 Å². The van der Waals surface area contributed by atoms with Crippen molar-refractivity contribution in [3.05, 3.63) is 53.0 Å². The molecular weight excluding hydrogens is 362 g/mol. The van der Waals surface area contributed by atoms with E-state index < -0.39 is 11.8 Å². The monoisotopic (exact) mass is 385 g/mol. The van der Waals surface area contributed by atoms with E-state index in [-0.39, 0.29) is 17.8 Å². The summed E-state index contributed by atoms with van der Waals surface area (Å²) in [7, 11) is 0. The van der Waals surface area contributed by atoms with E-state index >= 15 is 0 Å². The van der Waals surface area contributed by atoms with Crippen LogP contribution in [0, 0.1) is 12.3 Å². The van der Waals surface area contributed by atoms with Gasteiger partial charge in [-0.1, -0.05) is 37.2 Å². The van der Waals surface area contributed by atoms with Crippen LogP contribution in [0.25, 0.3) is 0 Å². The summed E-state index contributed by atoms with van der Waals surface area (Å²) in [6.45, 7) is 5.55. The first-order chi connectivity index (χ1) is 13.3. The highest BCUT2D eigenvalue weighted by molar-refractivity contribution is 6.06. The number of benzene rings is 1. The molecule has 3 rings (SSSR count). The van der Waals surface area contributed by atoms with Gasteiger partial charge in [-0.05, 0) is 30.9 Å². The molecule has 1 aromatic carbocycles. The lowest BCUT2D eigenvalue weighted by atomic mass is 9.75. The smallest absolute Gasteiger partial charge is 0.305 e. The maximum atomic E-state index is 12.5. The van der Waals surface area contributed by atoms with Crippen LogP contribution in [0.5, 0.6) is 5.75 Å². The second-order valence-electron chi connectivity index (χ2n) is 7.52. The fourth-order valence-corrected chi connectivity index (χ4v) is 3.30. The molecule has 148 valence electrons. The highest BCUT2D eigenvalue weighted by Crippen LogP contribution is 2.38. The zero-order valence-electron chi connectivity index (χ0n) is 16.0. The summed E-state index contributed by atoms with van der Waals surface area (Å²) in [5.74, 6) is 0.135. The molecule has 1 heterocycles. The second-order valence-corrected chi connectivity index (χ2v) is 7.52. The fraction of sp³-hybridized carbons (Fsp3) is 0.350. The Labute approximate surface area is 162 Å². The molecular formula is C20H23N3O5. The number of hydrazine groups is 1. The van der Waals surface area contributed by atoms with E-state index in [1.807, 2.05) is 19.9 Å². The maximum absolute atomic E-state index is 12.5. The van der Waals surface area contributed by atoms with Crippen molar-refractivity contribution in [3.8, 4) is 5.75 Å². The lowest BCUT2D eigenvalue weighted by molar-refractivity contribution is -0.123. The van der Waals surface area contributed by atoms with E-state index in [2.05, 4.69) is 16.0 Å². The van der Waals surface area contributed by atoms with Crippen LogP contribution < -0.4 is 15.6 Å². The van der Waals surface area contributed by atoms with Gasteiger partial charge < -0.3 is 14.4 Å². The molecule has 8 nitrogen and oxygen atoms in total. The average Bonchev–Trinajstić information content (AvgIpc) is 2.99. The van der Waals surface area contributed by atoms with Gasteiger partial charge in [-0.2, -0.15) is 0 Å². The Morgan fingerprint density at radius 3 is 2.61 bits per heavy atom. The molecule has 0 saturated heterocycles. The van der Waals surface area contributed by atoms with E-state index in [9.17, 15) is 14.8 Å². The number of ether oxygens (including phenoxy) is 1. The number of furan rings is 1. The minimum atomic E-state index is -0.588. The van der Waals surface area contributed by atoms with Crippen molar-refractivity contribution in [2.45, 2.75) is 33.6 Å². The van der Waals surface area contributed by atoms with Crippen LogP contribution in [0.4, 0.5) is 0 Å². The average molecular weight is 385 g/mol. The van der Waals surface area contributed by atoms with Gasteiger partial charge in [-0.15, -0.1) is 0 Å². The predicted octanol–water partition coefficient (Wildman–Crippen LogP) is 2.58. The summed E-state index contributed by atoms with van der Waals surface area (Å²) in [5.41, 5.74) is 6.20. The number of para-hydroxylation sites is 1. The molecule has 0 unspecified atom stereocenters. The Hall–Kier alpha value is -3.29. The molecule has 28 heavy (non-hydrogen) atoms. The standard InChI is InChI=1S/C20H23N3O5/c1-12-17-14(23-26)9-20(2,3)10-15(17)28-18(12)19(25)22-21-16(24)11-27-13-7-5-4-6-8-13/h4-8,26H,9-11H2,1-3H3,(H,21,24)(H,22,25)/b23-14-. The Bertz CT molecular complexity index is 915. The third-order valence-corrected chi connectivity index (χ3v) is 4.55. The summed E-state index contributed by atoms with van der Waals surface area (Å²) in [5, 5.41) is 12.7. The summed E-state index contributed by atoms with van der Waals surface area (Å²) in [6, 6.07) is 8.88. The van der Waals surface area contributed by atoms with Crippen molar-refractivity contribution >= 4 is 17.5 Å². The zero-order valence-corrected chi connectivity index (χ0v) is 16.0. The van der Waals surface area contributed by atoms with Crippen LogP contribution in [0.1, 0.15) is 47.7 Å². The number of rotatable bonds is 4. The molecule has 2 amide bonds. The molecule has 0 saturated carbocycles. The normalized spacial score (nSPS) is 16.3. The van der Waals surface area contributed by atoms with E-state index in [0.717, 1.165) is 0 Å². The SMILES string of the molecule is Cc1c(C(=O)NNC(=O)COc2ccccc2)oc2c1/C(=N\O)CC(C)(C)C2. The Morgan fingerprint density at radius 2 is 1.93 bits per heavy atom. The molecule has 0 bridgehead atoms. The number of amides is 2. The van der Waals surface area contributed by atoms with Crippen LogP contribution in [0.3, 0.4) is 0 Å². The van der Waals surface area contributed by atoms with Crippen LogP contribution in [0.15, 0.2) is 39.9 Å². The lowest BCUT2D eigenvalue weighted by Crippen LogP contribution is -2.43. The van der Waals surface area contributed by atoms with Crippen molar-refractivity contribution in [1.82, 2.24) is 10.9 Å². The molecule has 1 aromatic heterocycles. The van der Waals surface area contributed by atoms with Crippen LogP contribution in [-0.2, 0) is 11.2 Å². The van der Waals surface area contributed by atoms with Crippen LogP contribution in [0.2, 0.25) is 0 Å². The molecule has 3 N–H and O–H groups in total. The van der Waals surface area contributed by atoms with E-state index in [1.54, 1.807) is 31.2 Å². The first-order valence-corrected chi connectivity index (χ1v) is 8.91. The minimum Gasteiger partial charge on any atom is -0.484 e. The zero-order chi connectivity index (χ0) is 20.3. The van der Waals surface area contributed by atoms with E-state index in [1.165, 1.54) is 0 Å². The number of fused-ring (bicyclic) bond motifs is 1. The molecule has 1 aliphatic rings. The van der Waals surface area contributed by atoms with Gasteiger partial charge in [0.25, 0.3) is 5.91 Å². The van der Waals surface area contributed by atoms with Gasteiger partial charge in [0.1, 0.15) is 11.5 Å². The predicted molar refractivity (Wildman–Crippen MR) is 101 cm³/mol. The third kappa shape index (κ3) is 4.16. The first-order valence-electron chi connectivity index (χ1n) is 8.91. The summed E-state index contributed by atoms with van der Waals surface area (Å²) in [6.07, 6.45) is 1.19. The van der Waals surface area contributed by atoms with Gasteiger partial charge in [0.15, 0.2) is 12.4 Å². The summed E-state index contributed by atoms with van der Waals surface area (Å²) in [4.78, 5) is 24.3. The highest BCUT2D eigenvalue weighted by atomic mass is 16.5. The number of oxime groups is 1. The van der Waals surface area contributed by atoms with Crippen molar-refractivity contribution < 1.29 is 24.0 Å². The summed E-state index contributed by atoms with van der Waals surface area (Å²) < 4.78 is 11.1. The molecule has 0 radical (unpaired) electrons. The molecule has 8 heteroatoms. The van der Waals surface area contributed by atoms with Crippen molar-refractivity contribution in [1.29, 1.82) is 0 Å². The van der Waals surface area contributed by atoms with E-state index in [4.69, 9.17) is 9.15 Å². The quantitative estimate of drug-likeness (QED) is 0.553. The molecule has 0 fully saturated rings. The Morgan fingerprint density at radius 1 is 1.21 bits per heavy atom. The third-order valence-electron chi connectivity index (χ3n) is 4.55. The first kappa shape index (κ1) is 19.5. The topological polar surface area (TPSA) is 113 Å². The second kappa shape index (κ2) is 7.75. The minimum absolute atomic E-state index is 0.0770. The largest absolute Gasteiger partial charge is 0.484 e. The highest BCUT2D eigenvalue weighted by Gasteiger charge is 2.36. The van der Waals surface area contributed by atoms with Gasteiger partial charge in [-0.3, -0.25) is 20.4 Å². The summed E-state index contributed by atoms with van der Waals surface area (Å²) >= 11 is 0. The number of carbonyl (C=O) groups is 2. The van der Waals surface area contributed by atoms with Gasteiger partial charge in [-0.25, -0.2) is 0 Å². The lowest BCUT2D eigenvalue weighted by Gasteiger charge is -2.28. The molecule has 1 aliphatic carbocycles. The van der Waals surface area contributed by atoms with Gasteiger partial charge >= 0.3 is 5.91 Å². The van der Waals surface area contributed by atoms with Gasteiger partial charge in [0, 0.05) is 17.5 Å². The van der Waals surface area contributed by atoms with Crippen molar-refractivity contribution in [3.63, 3.8) is 0 Å². The Kier molecular flexibility index (Phi) is 5.39. The number of carbonyl (C=O) groups excluding carboxylic acids is 2. The number of hydrogen-bond acceptors (Lipinski definition) is 6. The molecule has 0 aliphatic heterocycles. The number of hydrogen-bond donors (Lipinski definition) is 3. The number of nitrogens with zero attached hydrogens (tertiary/aromatic N) is 1. The van der Waals surface area contributed by atoms with Crippen LogP contribution in [-0.4, -0.2) is 29.3 Å².